The van der Waals surface area contributed by atoms with Crippen molar-refractivity contribution in [3.63, 3.8) is 0 Å². The van der Waals surface area contributed by atoms with Crippen molar-refractivity contribution in [3.8, 4) is 0 Å². The van der Waals surface area contributed by atoms with Gasteiger partial charge < -0.3 is 10.2 Å². The molecule has 3 nitrogen and oxygen atoms in total. The lowest BCUT2D eigenvalue weighted by atomic mass is 10.1. The monoisotopic (exact) mass is 269 g/mol. The van der Waals surface area contributed by atoms with Crippen LogP contribution in [0.15, 0.2) is 0 Å². The van der Waals surface area contributed by atoms with Gasteiger partial charge in [-0.05, 0) is 38.9 Å². The fraction of sp³-hybridized carbons (Fsp3) is 1.00. The maximum absolute atomic E-state index is 3.61. The summed E-state index contributed by atoms with van der Waals surface area (Å²) in [6.45, 7) is 15.2. The van der Waals surface area contributed by atoms with Gasteiger partial charge in [0.15, 0.2) is 0 Å². The Kier molecular flexibility index (Phi) is 9.48. The van der Waals surface area contributed by atoms with Gasteiger partial charge in [-0.25, -0.2) is 0 Å². The average molecular weight is 269 g/mol. The molecular weight excluding hydrogens is 234 g/mol. The highest BCUT2D eigenvalue weighted by atomic mass is 15.2. The highest BCUT2D eigenvalue weighted by molar-refractivity contribution is 4.74. The van der Waals surface area contributed by atoms with E-state index >= 15 is 0 Å². The first-order valence-corrected chi connectivity index (χ1v) is 8.48. The maximum Gasteiger partial charge on any atom is 0.0110 e. The number of hydrogen-bond donors (Lipinski definition) is 1. The molecule has 0 amide bonds. The van der Waals surface area contributed by atoms with Crippen molar-refractivity contribution in [2.24, 2.45) is 0 Å². The summed E-state index contributed by atoms with van der Waals surface area (Å²) in [5.74, 6) is 0. The summed E-state index contributed by atoms with van der Waals surface area (Å²) >= 11 is 0. The summed E-state index contributed by atoms with van der Waals surface area (Å²) in [6, 6.07) is 0.840. The summed E-state index contributed by atoms with van der Waals surface area (Å²) in [5, 5.41) is 3.61. The number of nitrogens with zero attached hydrogens (tertiary/aromatic N) is 2. The molecule has 0 aromatic heterocycles. The van der Waals surface area contributed by atoms with Crippen molar-refractivity contribution in [1.82, 2.24) is 15.1 Å². The van der Waals surface area contributed by atoms with Gasteiger partial charge in [0, 0.05) is 32.2 Å². The predicted octanol–water partition coefficient (Wildman–Crippen LogP) is 2.57. The molecule has 1 atom stereocenters. The fourth-order valence-corrected chi connectivity index (χ4v) is 3.12. The highest BCUT2D eigenvalue weighted by Crippen LogP contribution is 2.18. The topological polar surface area (TPSA) is 18.5 Å². The van der Waals surface area contributed by atoms with Gasteiger partial charge in [-0.1, -0.05) is 33.6 Å². The van der Waals surface area contributed by atoms with Gasteiger partial charge in [0.05, 0.1) is 0 Å². The molecule has 19 heavy (non-hydrogen) atoms. The minimum absolute atomic E-state index is 0.840. The van der Waals surface area contributed by atoms with E-state index in [-0.39, 0.29) is 0 Å². The number of likely N-dealkylation sites (tertiary alicyclic amines) is 1. The Hall–Kier alpha value is -0.120. The van der Waals surface area contributed by atoms with E-state index in [0.29, 0.717) is 0 Å². The van der Waals surface area contributed by atoms with Gasteiger partial charge >= 0.3 is 0 Å². The van der Waals surface area contributed by atoms with Crippen molar-refractivity contribution in [3.05, 3.63) is 0 Å². The smallest absolute Gasteiger partial charge is 0.0110 e. The number of nitrogens with one attached hydrogen (secondary N) is 1. The summed E-state index contributed by atoms with van der Waals surface area (Å²) < 4.78 is 0. The Morgan fingerprint density at radius 2 is 1.84 bits per heavy atom. The van der Waals surface area contributed by atoms with E-state index in [1.165, 1.54) is 64.8 Å². The SMILES string of the molecule is CCC1CCCCCN1CCNCCN(CC)CC. The molecular formula is C16H35N3. The van der Waals surface area contributed by atoms with E-state index < -0.39 is 0 Å². The third-order valence-electron chi connectivity index (χ3n) is 4.55. The molecule has 0 aromatic rings. The zero-order valence-electron chi connectivity index (χ0n) is 13.5. The zero-order valence-corrected chi connectivity index (χ0v) is 13.5. The predicted molar refractivity (Wildman–Crippen MR) is 84.8 cm³/mol. The van der Waals surface area contributed by atoms with E-state index in [1.54, 1.807) is 0 Å². The van der Waals surface area contributed by atoms with Crippen LogP contribution in [-0.2, 0) is 0 Å². The first-order chi connectivity index (χ1) is 9.31. The van der Waals surface area contributed by atoms with Crippen LogP contribution in [0.5, 0.6) is 0 Å². The van der Waals surface area contributed by atoms with E-state index in [9.17, 15) is 0 Å². The maximum atomic E-state index is 3.61. The Morgan fingerprint density at radius 1 is 1.05 bits per heavy atom. The summed E-state index contributed by atoms with van der Waals surface area (Å²) in [6.07, 6.45) is 7.00. The van der Waals surface area contributed by atoms with E-state index in [1.807, 2.05) is 0 Å². The van der Waals surface area contributed by atoms with Crippen LogP contribution >= 0.6 is 0 Å². The molecule has 0 radical (unpaired) electrons. The first-order valence-electron chi connectivity index (χ1n) is 8.48. The van der Waals surface area contributed by atoms with Gasteiger partial charge in [0.1, 0.15) is 0 Å². The quantitative estimate of drug-likeness (QED) is 0.649. The van der Waals surface area contributed by atoms with Crippen LogP contribution in [-0.4, -0.2) is 61.7 Å². The molecule has 1 fully saturated rings. The lowest BCUT2D eigenvalue weighted by Gasteiger charge is -2.29. The lowest BCUT2D eigenvalue weighted by Crippen LogP contribution is -2.40. The molecule has 1 heterocycles. The molecule has 114 valence electrons. The lowest BCUT2D eigenvalue weighted by molar-refractivity contribution is 0.194. The van der Waals surface area contributed by atoms with Gasteiger partial charge in [-0.2, -0.15) is 0 Å². The number of likely N-dealkylation sites (N-methyl/N-ethyl adjacent to an activating group) is 1. The Balaban J connectivity index is 2.12. The second kappa shape index (κ2) is 10.6. The summed E-state index contributed by atoms with van der Waals surface area (Å²) in [7, 11) is 0. The van der Waals surface area contributed by atoms with Crippen molar-refractivity contribution < 1.29 is 0 Å². The molecule has 1 aliphatic rings. The van der Waals surface area contributed by atoms with Gasteiger partial charge in [0.25, 0.3) is 0 Å². The van der Waals surface area contributed by atoms with E-state index in [2.05, 4.69) is 35.9 Å². The van der Waals surface area contributed by atoms with Crippen LogP contribution < -0.4 is 5.32 Å². The summed E-state index contributed by atoms with van der Waals surface area (Å²) in [5.41, 5.74) is 0. The molecule has 0 bridgehead atoms. The molecule has 0 spiro atoms. The second-order valence-corrected chi connectivity index (χ2v) is 5.72. The van der Waals surface area contributed by atoms with Gasteiger partial charge in [0.2, 0.25) is 0 Å². The largest absolute Gasteiger partial charge is 0.314 e. The fourth-order valence-electron chi connectivity index (χ4n) is 3.12. The molecule has 0 saturated carbocycles. The molecule has 0 aromatic carbocycles. The molecule has 1 unspecified atom stereocenters. The van der Waals surface area contributed by atoms with Crippen LogP contribution in [0.1, 0.15) is 52.9 Å². The second-order valence-electron chi connectivity index (χ2n) is 5.72. The van der Waals surface area contributed by atoms with E-state index in [0.717, 1.165) is 19.1 Å². The molecule has 1 aliphatic heterocycles. The van der Waals surface area contributed by atoms with Crippen LogP contribution in [0, 0.1) is 0 Å². The van der Waals surface area contributed by atoms with Gasteiger partial charge in [-0.3, -0.25) is 4.90 Å². The molecule has 3 heteroatoms. The van der Waals surface area contributed by atoms with E-state index in [4.69, 9.17) is 0 Å². The standard InChI is InChI=1S/C16H35N3/c1-4-16-10-8-7-9-13-19(16)15-12-17-11-14-18(5-2)6-3/h16-17H,4-15H2,1-3H3. The minimum atomic E-state index is 0.840. The molecule has 0 aliphatic carbocycles. The molecule has 1 rings (SSSR count). The molecule has 1 saturated heterocycles. The van der Waals surface area contributed by atoms with Gasteiger partial charge in [-0.15, -0.1) is 0 Å². The van der Waals surface area contributed by atoms with Crippen LogP contribution in [0.3, 0.4) is 0 Å². The normalized spacial score (nSPS) is 21.8. The van der Waals surface area contributed by atoms with Crippen LogP contribution in [0.2, 0.25) is 0 Å². The minimum Gasteiger partial charge on any atom is -0.314 e. The third kappa shape index (κ3) is 6.73. The van der Waals surface area contributed by atoms with Crippen molar-refractivity contribution in [2.45, 2.75) is 58.9 Å². The summed E-state index contributed by atoms with van der Waals surface area (Å²) in [4.78, 5) is 5.20. The Labute approximate surface area is 120 Å². The van der Waals surface area contributed by atoms with Crippen molar-refractivity contribution in [2.75, 3.05) is 45.8 Å². The zero-order chi connectivity index (χ0) is 13.9. The van der Waals surface area contributed by atoms with Crippen molar-refractivity contribution in [1.29, 1.82) is 0 Å². The number of rotatable bonds is 9. The third-order valence-corrected chi connectivity index (χ3v) is 4.55. The van der Waals surface area contributed by atoms with Crippen LogP contribution in [0.25, 0.3) is 0 Å². The highest BCUT2D eigenvalue weighted by Gasteiger charge is 2.18. The average Bonchev–Trinajstić information content (AvgIpc) is 2.67. The first kappa shape index (κ1) is 16.9. The number of hydrogen-bond acceptors (Lipinski definition) is 3. The van der Waals surface area contributed by atoms with Crippen LogP contribution in [0.4, 0.5) is 0 Å². The van der Waals surface area contributed by atoms with Crippen molar-refractivity contribution >= 4 is 0 Å². The Morgan fingerprint density at radius 3 is 2.53 bits per heavy atom. The Bertz CT molecular complexity index is 204. The molecule has 1 N–H and O–H groups in total.